The Morgan fingerprint density at radius 3 is 2.08 bits per heavy atom. The van der Waals surface area contributed by atoms with E-state index in [-0.39, 0.29) is 0 Å². The summed E-state index contributed by atoms with van der Waals surface area (Å²) in [5, 5.41) is 18.7. The normalized spacial score (nSPS) is 19.6. The van der Waals surface area contributed by atoms with Crippen LogP contribution in [-0.4, -0.2) is 84.2 Å². The first-order valence-electron chi connectivity index (χ1n) is 11.7. The van der Waals surface area contributed by atoms with Crippen LogP contribution in [0.25, 0.3) is 0 Å². The van der Waals surface area contributed by atoms with Crippen molar-refractivity contribution >= 4 is 23.3 Å². The number of hydrogen-bond donors (Lipinski definition) is 2. The van der Waals surface area contributed by atoms with Crippen molar-refractivity contribution in [3.63, 3.8) is 0 Å². The van der Waals surface area contributed by atoms with E-state index in [4.69, 9.17) is 29.0 Å². The maximum atomic E-state index is 10.6. The molecule has 0 saturated carbocycles. The zero-order valence-corrected chi connectivity index (χ0v) is 21.8. The van der Waals surface area contributed by atoms with Gasteiger partial charge in [0, 0.05) is 32.7 Å². The van der Waals surface area contributed by atoms with E-state index in [9.17, 15) is 26.3 Å². The van der Waals surface area contributed by atoms with Gasteiger partial charge in [-0.2, -0.15) is 37.7 Å². The molecule has 220 valence electrons. The van der Waals surface area contributed by atoms with Gasteiger partial charge in [0.15, 0.2) is 0 Å². The molecule has 4 heterocycles. The summed E-state index contributed by atoms with van der Waals surface area (Å²) < 4.78 is 74.6. The van der Waals surface area contributed by atoms with E-state index in [1.165, 1.54) is 31.5 Å². The highest BCUT2D eigenvalue weighted by Crippen LogP contribution is 2.45. The van der Waals surface area contributed by atoms with Gasteiger partial charge < -0.3 is 19.4 Å². The van der Waals surface area contributed by atoms with E-state index in [2.05, 4.69) is 32.7 Å². The van der Waals surface area contributed by atoms with E-state index >= 15 is 0 Å². The summed E-state index contributed by atoms with van der Waals surface area (Å²) in [4.78, 5) is 23.0. The first-order valence-corrected chi connectivity index (χ1v) is 12.7. The number of piperidine rings is 1. The fraction of sp³-hybridized carbons (Fsp3) is 0.583. The van der Waals surface area contributed by atoms with Crippen molar-refractivity contribution in [2.45, 2.75) is 38.3 Å². The Kier molecular flexibility index (Phi) is 11.8. The van der Waals surface area contributed by atoms with Crippen molar-refractivity contribution in [2.24, 2.45) is 11.3 Å². The van der Waals surface area contributed by atoms with Gasteiger partial charge in [0.1, 0.15) is 5.76 Å². The smallest absolute Gasteiger partial charge is 0.475 e. The standard InChI is InChI=1S/C20H28N2O2S.2C2HF3O2/c1-23-14-18-12-22(11-17-4-10-25-15-17)16-20(18)5-7-21(8-6-20)13-19-3-2-9-24-19;2*3-2(4,5)1(6)7/h2-4,9-10,15,18H,5-8,11-14,16H2,1H3;2*(H,6,7). The largest absolute Gasteiger partial charge is 0.490 e. The molecule has 0 radical (unpaired) electrons. The van der Waals surface area contributed by atoms with E-state index in [1.807, 2.05) is 13.2 Å². The lowest BCUT2D eigenvalue weighted by atomic mass is 9.71. The van der Waals surface area contributed by atoms with Crippen LogP contribution in [0.1, 0.15) is 24.2 Å². The Hall–Kier alpha value is -2.62. The molecule has 1 unspecified atom stereocenters. The molecule has 39 heavy (non-hydrogen) atoms. The molecule has 2 aromatic heterocycles. The summed E-state index contributed by atoms with van der Waals surface area (Å²) in [6.45, 7) is 7.62. The molecule has 1 atom stereocenters. The van der Waals surface area contributed by atoms with E-state index in [0.717, 1.165) is 38.5 Å². The molecule has 0 aliphatic carbocycles. The van der Waals surface area contributed by atoms with Crippen LogP contribution in [0.4, 0.5) is 26.3 Å². The first kappa shape index (κ1) is 32.6. The topological polar surface area (TPSA) is 103 Å². The minimum Gasteiger partial charge on any atom is -0.475 e. The van der Waals surface area contributed by atoms with Gasteiger partial charge in [-0.05, 0) is 65.9 Å². The van der Waals surface area contributed by atoms with Crippen molar-refractivity contribution in [1.82, 2.24) is 9.80 Å². The highest BCUT2D eigenvalue weighted by molar-refractivity contribution is 7.07. The Morgan fingerprint density at radius 2 is 1.64 bits per heavy atom. The molecule has 0 bridgehead atoms. The van der Waals surface area contributed by atoms with Gasteiger partial charge in [0.25, 0.3) is 0 Å². The van der Waals surface area contributed by atoms with Gasteiger partial charge in [-0.3, -0.25) is 9.80 Å². The molecule has 2 N–H and O–H groups in total. The van der Waals surface area contributed by atoms with Crippen molar-refractivity contribution in [2.75, 3.05) is 39.9 Å². The van der Waals surface area contributed by atoms with Gasteiger partial charge in [-0.15, -0.1) is 0 Å². The Bertz CT molecular complexity index is 981. The highest BCUT2D eigenvalue weighted by atomic mass is 32.1. The minimum absolute atomic E-state index is 0.422. The number of rotatable bonds is 6. The van der Waals surface area contributed by atoms with Crippen molar-refractivity contribution in [3.05, 3.63) is 46.5 Å². The lowest BCUT2D eigenvalue weighted by Crippen LogP contribution is -2.44. The number of alkyl halides is 6. The van der Waals surface area contributed by atoms with Crippen LogP contribution in [0.5, 0.6) is 0 Å². The summed E-state index contributed by atoms with van der Waals surface area (Å²) in [5.41, 5.74) is 1.87. The SMILES string of the molecule is COCC1CN(Cc2ccsc2)CC12CCN(Cc1ccco1)CC2.O=C(O)C(F)(F)F.O=C(O)C(F)(F)F. The fourth-order valence-corrected chi connectivity index (χ4v) is 5.34. The second-order valence-corrected chi connectivity index (χ2v) is 10.1. The second-order valence-electron chi connectivity index (χ2n) is 9.28. The quantitative estimate of drug-likeness (QED) is 0.457. The summed E-state index contributed by atoms with van der Waals surface area (Å²) in [6.07, 6.45) is -5.86. The minimum atomic E-state index is -5.08. The molecule has 4 rings (SSSR count). The maximum absolute atomic E-state index is 10.6. The third-order valence-corrected chi connectivity index (χ3v) is 7.27. The van der Waals surface area contributed by atoms with Crippen LogP contribution in [0.2, 0.25) is 0 Å². The third-order valence-electron chi connectivity index (χ3n) is 6.53. The van der Waals surface area contributed by atoms with Crippen molar-refractivity contribution < 1.29 is 55.3 Å². The van der Waals surface area contributed by atoms with Gasteiger partial charge in [-0.1, -0.05) is 0 Å². The maximum Gasteiger partial charge on any atom is 0.490 e. The molecule has 1 spiro atoms. The molecule has 2 aromatic rings. The van der Waals surface area contributed by atoms with Crippen LogP contribution in [-0.2, 0) is 27.4 Å². The number of ether oxygens (including phenoxy) is 1. The number of carboxylic acids is 2. The summed E-state index contributed by atoms with van der Waals surface area (Å²) in [5.74, 6) is -3.78. The Labute approximate surface area is 224 Å². The lowest BCUT2D eigenvalue weighted by molar-refractivity contribution is -0.193. The van der Waals surface area contributed by atoms with E-state index in [0.29, 0.717) is 11.3 Å². The van der Waals surface area contributed by atoms with Gasteiger partial charge in [-0.25, -0.2) is 9.59 Å². The number of halogens is 6. The van der Waals surface area contributed by atoms with Crippen molar-refractivity contribution in [1.29, 1.82) is 0 Å². The monoisotopic (exact) mass is 588 g/mol. The molecule has 2 fully saturated rings. The average molecular weight is 589 g/mol. The highest BCUT2D eigenvalue weighted by Gasteiger charge is 2.47. The second kappa shape index (κ2) is 14.1. The number of furan rings is 1. The number of aliphatic carboxylic acids is 2. The molecule has 15 heteroatoms. The Balaban J connectivity index is 0.000000317. The summed E-state index contributed by atoms with van der Waals surface area (Å²) in [6, 6.07) is 6.32. The zero-order chi connectivity index (χ0) is 29.3. The molecule has 0 amide bonds. The predicted molar refractivity (Wildman–Crippen MR) is 128 cm³/mol. The predicted octanol–water partition coefficient (Wildman–Crippen LogP) is 4.97. The molecule has 0 aromatic carbocycles. The van der Waals surface area contributed by atoms with Crippen LogP contribution in [0, 0.1) is 11.3 Å². The molecular weight excluding hydrogens is 558 g/mol. The van der Waals surface area contributed by atoms with Crippen molar-refractivity contribution in [3.8, 4) is 0 Å². The number of carbonyl (C=O) groups is 2. The van der Waals surface area contributed by atoms with E-state index in [1.54, 1.807) is 17.6 Å². The molecule has 2 aliphatic heterocycles. The summed E-state index contributed by atoms with van der Waals surface area (Å²) >= 11 is 1.80. The third kappa shape index (κ3) is 10.5. The fourth-order valence-electron chi connectivity index (χ4n) is 4.68. The van der Waals surface area contributed by atoms with Gasteiger partial charge in [0.05, 0.1) is 19.4 Å². The molecular formula is C24H30F6N2O6S. The summed E-state index contributed by atoms with van der Waals surface area (Å²) in [7, 11) is 1.85. The number of likely N-dealkylation sites (tertiary alicyclic amines) is 2. The van der Waals surface area contributed by atoms with Gasteiger partial charge >= 0.3 is 24.3 Å². The number of hydrogen-bond acceptors (Lipinski definition) is 7. The molecule has 8 nitrogen and oxygen atoms in total. The Morgan fingerprint density at radius 1 is 1.05 bits per heavy atom. The lowest BCUT2D eigenvalue weighted by Gasteiger charge is -2.42. The molecule has 2 aliphatic rings. The van der Waals surface area contributed by atoms with Gasteiger partial charge in [0.2, 0.25) is 0 Å². The van der Waals surface area contributed by atoms with Crippen LogP contribution < -0.4 is 0 Å². The number of methoxy groups -OCH3 is 1. The first-order chi connectivity index (χ1) is 18.2. The van der Waals surface area contributed by atoms with E-state index < -0.39 is 24.3 Å². The molecule has 2 saturated heterocycles. The van der Waals surface area contributed by atoms with Crippen LogP contribution in [0.3, 0.4) is 0 Å². The number of carboxylic acid groups (broad SMARTS) is 2. The van der Waals surface area contributed by atoms with Crippen LogP contribution in [0.15, 0.2) is 39.6 Å². The van der Waals surface area contributed by atoms with Crippen LogP contribution >= 0.6 is 11.3 Å². The average Bonchev–Trinajstić information content (AvgIpc) is 3.59. The zero-order valence-electron chi connectivity index (χ0n) is 21.0. The number of nitrogens with zero attached hydrogens (tertiary/aromatic N) is 2. The number of thiophene rings is 1.